The molecule has 0 spiro atoms. The van der Waals surface area contributed by atoms with Gasteiger partial charge in [-0.2, -0.15) is 0 Å². The smallest absolute Gasteiger partial charge is 0.0494 e. The number of hydrogen-bond acceptors (Lipinski definition) is 2. The van der Waals surface area contributed by atoms with Gasteiger partial charge in [-0.1, -0.05) is 19.9 Å². The van der Waals surface area contributed by atoms with Crippen LogP contribution in [0.2, 0.25) is 0 Å². The molecular weight excluding hydrogens is 234 g/mol. The fourth-order valence-electron chi connectivity index (χ4n) is 2.64. The number of aryl methyl sites for hydroxylation is 2. The molecule has 1 aromatic rings. The summed E-state index contributed by atoms with van der Waals surface area (Å²) in [6.07, 6.45) is 0. The third-order valence-electron chi connectivity index (χ3n) is 4.08. The number of aliphatic hydroxyl groups is 1. The van der Waals surface area contributed by atoms with E-state index in [0.29, 0.717) is 0 Å². The van der Waals surface area contributed by atoms with Gasteiger partial charge in [-0.3, -0.25) is 0 Å². The van der Waals surface area contributed by atoms with Crippen LogP contribution in [-0.4, -0.2) is 30.2 Å². The SMILES string of the molecule is Cc1cc(C)c(C)c(CN(C)CC(C)(C)CO)c1C. The van der Waals surface area contributed by atoms with Crippen molar-refractivity contribution < 1.29 is 5.11 Å². The average Bonchev–Trinajstić information content (AvgIpc) is 2.31. The van der Waals surface area contributed by atoms with Gasteiger partial charge in [-0.05, 0) is 62.6 Å². The van der Waals surface area contributed by atoms with E-state index in [2.05, 4.69) is 59.6 Å². The van der Waals surface area contributed by atoms with Gasteiger partial charge < -0.3 is 10.0 Å². The maximum Gasteiger partial charge on any atom is 0.0494 e. The summed E-state index contributed by atoms with van der Waals surface area (Å²) in [5.74, 6) is 0. The van der Waals surface area contributed by atoms with Crippen LogP contribution in [0.3, 0.4) is 0 Å². The van der Waals surface area contributed by atoms with Gasteiger partial charge in [0.25, 0.3) is 0 Å². The molecule has 1 N–H and O–H groups in total. The van der Waals surface area contributed by atoms with Crippen LogP contribution in [0.15, 0.2) is 6.07 Å². The molecule has 0 unspecified atom stereocenters. The molecule has 0 aliphatic carbocycles. The molecule has 0 radical (unpaired) electrons. The molecule has 0 heterocycles. The summed E-state index contributed by atoms with van der Waals surface area (Å²) in [5, 5.41) is 9.38. The lowest BCUT2D eigenvalue weighted by molar-refractivity contribution is 0.112. The lowest BCUT2D eigenvalue weighted by Crippen LogP contribution is -2.34. The Morgan fingerprint density at radius 2 is 1.53 bits per heavy atom. The number of aliphatic hydroxyl groups excluding tert-OH is 1. The lowest BCUT2D eigenvalue weighted by Gasteiger charge is -2.29. The van der Waals surface area contributed by atoms with E-state index in [-0.39, 0.29) is 12.0 Å². The highest BCUT2D eigenvalue weighted by atomic mass is 16.3. The quantitative estimate of drug-likeness (QED) is 0.880. The molecule has 0 fully saturated rings. The minimum Gasteiger partial charge on any atom is -0.396 e. The summed E-state index contributed by atoms with van der Waals surface area (Å²) in [5.41, 5.74) is 6.93. The standard InChI is InChI=1S/C17H29NO/c1-12-8-13(2)15(4)16(14(12)3)9-18(7)10-17(5,6)11-19/h8,19H,9-11H2,1-7H3. The van der Waals surface area contributed by atoms with Crippen molar-refractivity contribution in [3.8, 4) is 0 Å². The second-order valence-corrected chi connectivity index (χ2v) is 6.73. The van der Waals surface area contributed by atoms with Crippen LogP contribution in [0, 0.1) is 33.1 Å². The van der Waals surface area contributed by atoms with Gasteiger partial charge in [0.2, 0.25) is 0 Å². The topological polar surface area (TPSA) is 23.5 Å². The fraction of sp³-hybridized carbons (Fsp3) is 0.647. The molecule has 2 heteroatoms. The maximum absolute atomic E-state index is 9.38. The molecular formula is C17H29NO. The highest BCUT2D eigenvalue weighted by molar-refractivity contribution is 5.43. The van der Waals surface area contributed by atoms with E-state index in [9.17, 15) is 5.11 Å². The van der Waals surface area contributed by atoms with Gasteiger partial charge in [0.15, 0.2) is 0 Å². The molecule has 0 saturated heterocycles. The number of nitrogens with zero attached hydrogens (tertiary/aromatic N) is 1. The van der Waals surface area contributed by atoms with Gasteiger partial charge >= 0.3 is 0 Å². The molecule has 0 saturated carbocycles. The van der Waals surface area contributed by atoms with Crippen LogP contribution in [0.1, 0.15) is 41.7 Å². The zero-order valence-electron chi connectivity index (χ0n) is 13.6. The van der Waals surface area contributed by atoms with Gasteiger partial charge in [0, 0.05) is 25.1 Å². The van der Waals surface area contributed by atoms with Gasteiger partial charge in [-0.15, -0.1) is 0 Å². The maximum atomic E-state index is 9.38. The molecule has 0 bridgehead atoms. The van der Waals surface area contributed by atoms with Gasteiger partial charge in [0.1, 0.15) is 0 Å². The average molecular weight is 263 g/mol. The van der Waals surface area contributed by atoms with E-state index in [0.717, 1.165) is 13.1 Å². The first-order valence-electron chi connectivity index (χ1n) is 7.03. The third-order valence-corrected chi connectivity index (χ3v) is 4.08. The van der Waals surface area contributed by atoms with Crippen LogP contribution in [0.25, 0.3) is 0 Å². The molecule has 0 amide bonds. The zero-order valence-corrected chi connectivity index (χ0v) is 13.6. The van der Waals surface area contributed by atoms with E-state index in [1.807, 2.05) is 0 Å². The second kappa shape index (κ2) is 6.06. The van der Waals surface area contributed by atoms with E-state index in [1.54, 1.807) is 0 Å². The first kappa shape index (κ1) is 16.2. The fourth-order valence-corrected chi connectivity index (χ4v) is 2.64. The van der Waals surface area contributed by atoms with E-state index in [1.165, 1.54) is 27.8 Å². The first-order valence-corrected chi connectivity index (χ1v) is 7.03. The first-order chi connectivity index (χ1) is 8.68. The van der Waals surface area contributed by atoms with Crippen molar-refractivity contribution >= 4 is 0 Å². The Kier molecular flexibility index (Phi) is 5.17. The highest BCUT2D eigenvalue weighted by Crippen LogP contribution is 2.24. The molecule has 0 aliphatic heterocycles. The molecule has 1 rings (SSSR count). The Hall–Kier alpha value is -0.860. The van der Waals surface area contributed by atoms with Crippen LogP contribution in [0.4, 0.5) is 0 Å². The number of rotatable bonds is 5. The summed E-state index contributed by atoms with van der Waals surface area (Å²) in [4.78, 5) is 2.31. The largest absolute Gasteiger partial charge is 0.396 e. The third kappa shape index (κ3) is 4.05. The van der Waals surface area contributed by atoms with Crippen molar-refractivity contribution in [3.63, 3.8) is 0 Å². The summed E-state index contributed by atoms with van der Waals surface area (Å²) in [6, 6.07) is 2.27. The van der Waals surface area contributed by atoms with Crippen molar-refractivity contribution in [2.24, 2.45) is 5.41 Å². The van der Waals surface area contributed by atoms with Crippen molar-refractivity contribution in [2.45, 2.75) is 48.1 Å². The normalized spacial score (nSPS) is 12.3. The number of benzene rings is 1. The van der Waals surface area contributed by atoms with Crippen LogP contribution < -0.4 is 0 Å². The van der Waals surface area contributed by atoms with E-state index in [4.69, 9.17) is 0 Å². The minimum atomic E-state index is -0.0462. The molecule has 2 nitrogen and oxygen atoms in total. The molecule has 19 heavy (non-hydrogen) atoms. The molecule has 1 aromatic carbocycles. The molecule has 0 aliphatic rings. The lowest BCUT2D eigenvalue weighted by atomic mass is 9.92. The van der Waals surface area contributed by atoms with Crippen LogP contribution in [-0.2, 0) is 6.54 Å². The summed E-state index contributed by atoms with van der Waals surface area (Å²) in [7, 11) is 2.13. The van der Waals surface area contributed by atoms with Crippen molar-refractivity contribution in [1.82, 2.24) is 4.90 Å². The predicted molar refractivity (Wildman–Crippen MR) is 82.6 cm³/mol. The summed E-state index contributed by atoms with van der Waals surface area (Å²) >= 11 is 0. The van der Waals surface area contributed by atoms with Gasteiger partial charge in [0.05, 0.1) is 0 Å². The zero-order chi connectivity index (χ0) is 14.8. The van der Waals surface area contributed by atoms with Crippen molar-refractivity contribution in [2.75, 3.05) is 20.2 Å². The summed E-state index contributed by atoms with van der Waals surface area (Å²) in [6.45, 7) is 15.1. The highest BCUT2D eigenvalue weighted by Gasteiger charge is 2.20. The van der Waals surface area contributed by atoms with Gasteiger partial charge in [-0.25, -0.2) is 0 Å². The second-order valence-electron chi connectivity index (χ2n) is 6.73. The number of hydrogen-bond donors (Lipinski definition) is 1. The Morgan fingerprint density at radius 3 is 1.95 bits per heavy atom. The Morgan fingerprint density at radius 1 is 1.05 bits per heavy atom. The Balaban J connectivity index is 2.94. The van der Waals surface area contributed by atoms with E-state index >= 15 is 0 Å². The molecule has 0 atom stereocenters. The van der Waals surface area contributed by atoms with E-state index < -0.39 is 0 Å². The van der Waals surface area contributed by atoms with Crippen LogP contribution in [0.5, 0.6) is 0 Å². The molecule has 108 valence electrons. The van der Waals surface area contributed by atoms with Crippen molar-refractivity contribution in [1.29, 1.82) is 0 Å². The summed E-state index contributed by atoms with van der Waals surface area (Å²) < 4.78 is 0. The minimum absolute atomic E-state index is 0.0462. The van der Waals surface area contributed by atoms with Crippen LogP contribution >= 0.6 is 0 Å². The Labute approximate surface area is 118 Å². The predicted octanol–water partition coefficient (Wildman–Crippen LogP) is 3.37. The Bertz CT molecular complexity index is 423. The van der Waals surface area contributed by atoms with Crippen molar-refractivity contribution in [3.05, 3.63) is 33.9 Å². The monoisotopic (exact) mass is 263 g/mol. The molecule has 0 aromatic heterocycles.